The molecule has 0 atom stereocenters. The molecule has 5 rings (SSSR count). The molecule has 2 aromatic heterocycles. The van der Waals surface area contributed by atoms with E-state index < -0.39 is 0 Å². The maximum atomic E-state index is 4.69. The van der Waals surface area contributed by atoms with Crippen molar-refractivity contribution in [3.8, 4) is 0 Å². The van der Waals surface area contributed by atoms with Gasteiger partial charge in [0.25, 0.3) is 0 Å². The molecule has 0 radical (unpaired) electrons. The minimum atomic E-state index is 0.958. The van der Waals surface area contributed by atoms with Gasteiger partial charge in [-0.25, -0.2) is 9.97 Å². The molecule has 0 spiro atoms. The highest BCUT2D eigenvalue weighted by Crippen LogP contribution is 2.16. The van der Waals surface area contributed by atoms with Crippen LogP contribution in [0.3, 0.4) is 0 Å². The van der Waals surface area contributed by atoms with Crippen LogP contribution < -0.4 is 0 Å². The fourth-order valence-electron chi connectivity index (χ4n) is 3.43. The van der Waals surface area contributed by atoms with Crippen molar-refractivity contribution in [1.29, 1.82) is 0 Å². The second kappa shape index (κ2) is 8.14. The zero-order chi connectivity index (χ0) is 20.2. The summed E-state index contributed by atoms with van der Waals surface area (Å²) in [6, 6.07) is 33.1. The van der Waals surface area contributed by atoms with Crippen LogP contribution in [0.25, 0.3) is 46.1 Å². The van der Waals surface area contributed by atoms with Crippen LogP contribution in [0.2, 0.25) is 0 Å². The predicted molar refractivity (Wildman–Crippen MR) is 128 cm³/mol. The van der Waals surface area contributed by atoms with E-state index in [2.05, 4.69) is 82.8 Å². The van der Waals surface area contributed by atoms with Crippen LogP contribution >= 0.6 is 0 Å². The highest BCUT2D eigenvalue weighted by molar-refractivity contribution is 5.82. The van der Waals surface area contributed by atoms with Crippen molar-refractivity contribution in [1.82, 2.24) is 9.97 Å². The number of hydrogen-bond acceptors (Lipinski definition) is 2. The average molecular weight is 384 g/mol. The number of fused-ring (bicyclic) bond motifs is 2. The minimum absolute atomic E-state index is 0.958. The second-order valence-electron chi connectivity index (χ2n) is 7.19. The van der Waals surface area contributed by atoms with Gasteiger partial charge < -0.3 is 0 Å². The van der Waals surface area contributed by atoms with Crippen molar-refractivity contribution >= 4 is 46.1 Å². The third-order valence-corrected chi connectivity index (χ3v) is 5.07. The average Bonchev–Trinajstić information content (AvgIpc) is 2.82. The van der Waals surface area contributed by atoms with Gasteiger partial charge in [-0.2, -0.15) is 0 Å². The van der Waals surface area contributed by atoms with Gasteiger partial charge in [0.15, 0.2) is 0 Å². The minimum Gasteiger partial charge on any atom is -0.248 e. The highest BCUT2D eigenvalue weighted by Gasteiger charge is 1.96. The number of benzene rings is 3. The first-order valence-corrected chi connectivity index (χ1v) is 10.0. The van der Waals surface area contributed by atoms with E-state index in [0.29, 0.717) is 0 Å². The molecule has 0 N–H and O–H groups in total. The summed E-state index contributed by atoms with van der Waals surface area (Å²) in [7, 11) is 0. The monoisotopic (exact) mass is 384 g/mol. The van der Waals surface area contributed by atoms with Gasteiger partial charge in [0.2, 0.25) is 0 Å². The van der Waals surface area contributed by atoms with Crippen LogP contribution in [0, 0.1) is 0 Å². The number of rotatable bonds is 4. The third kappa shape index (κ3) is 4.03. The van der Waals surface area contributed by atoms with Gasteiger partial charge in [0.05, 0.1) is 22.4 Å². The molecule has 0 saturated carbocycles. The summed E-state index contributed by atoms with van der Waals surface area (Å²) < 4.78 is 0. The molecule has 5 aromatic rings. The molecule has 3 aromatic carbocycles. The number of nitrogens with zero attached hydrogens (tertiary/aromatic N) is 2. The molecule has 0 bridgehead atoms. The van der Waals surface area contributed by atoms with E-state index in [9.17, 15) is 0 Å². The van der Waals surface area contributed by atoms with Crippen molar-refractivity contribution in [2.45, 2.75) is 0 Å². The fraction of sp³-hybridized carbons (Fsp3) is 0. The lowest BCUT2D eigenvalue weighted by atomic mass is 10.1. The lowest BCUT2D eigenvalue weighted by Gasteiger charge is -2.00. The first-order chi connectivity index (χ1) is 14.8. The summed E-state index contributed by atoms with van der Waals surface area (Å²) in [6.07, 6.45) is 8.29. The highest BCUT2D eigenvalue weighted by atomic mass is 14.7. The lowest BCUT2D eigenvalue weighted by molar-refractivity contribution is 1.37. The van der Waals surface area contributed by atoms with Gasteiger partial charge in [0.1, 0.15) is 0 Å². The Morgan fingerprint density at radius 3 is 1.30 bits per heavy atom. The van der Waals surface area contributed by atoms with Crippen molar-refractivity contribution in [2.75, 3.05) is 0 Å². The fourth-order valence-corrected chi connectivity index (χ4v) is 3.43. The number of hydrogen-bond donors (Lipinski definition) is 0. The zero-order valence-electron chi connectivity index (χ0n) is 16.4. The Morgan fingerprint density at radius 2 is 0.833 bits per heavy atom. The first-order valence-electron chi connectivity index (χ1n) is 10.0. The van der Waals surface area contributed by atoms with Crippen molar-refractivity contribution in [3.63, 3.8) is 0 Å². The molecule has 0 fully saturated rings. The summed E-state index contributed by atoms with van der Waals surface area (Å²) in [6.45, 7) is 0. The maximum Gasteiger partial charge on any atom is 0.0709 e. The van der Waals surface area contributed by atoms with E-state index in [-0.39, 0.29) is 0 Å². The molecule has 0 aliphatic carbocycles. The van der Waals surface area contributed by atoms with Crippen LogP contribution in [-0.2, 0) is 0 Å². The summed E-state index contributed by atoms with van der Waals surface area (Å²) in [4.78, 5) is 9.38. The molecule has 0 aliphatic heterocycles. The molecule has 0 unspecified atom stereocenters. The van der Waals surface area contributed by atoms with Crippen LogP contribution in [0.15, 0.2) is 97.1 Å². The summed E-state index contributed by atoms with van der Waals surface area (Å²) in [5.41, 5.74) is 6.24. The van der Waals surface area contributed by atoms with Crippen molar-refractivity contribution in [3.05, 3.63) is 120 Å². The van der Waals surface area contributed by atoms with Gasteiger partial charge in [-0.3, -0.25) is 0 Å². The van der Waals surface area contributed by atoms with Gasteiger partial charge in [-0.1, -0.05) is 84.9 Å². The summed E-state index contributed by atoms with van der Waals surface area (Å²) >= 11 is 0. The molecule has 0 saturated heterocycles. The zero-order valence-corrected chi connectivity index (χ0v) is 16.4. The topological polar surface area (TPSA) is 25.8 Å². The largest absolute Gasteiger partial charge is 0.248 e. The third-order valence-electron chi connectivity index (χ3n) is 5.07. The standard InChI is InChI=1S/C28H20N2/c1-3-7-27-23(5-1)15-19-25(29-27)17-13-21-9-11-22(12-10-21)14-18-26-20-16-24-6-2-4-8-28(24)30-26/h1-20H/b17-13+,18-14?. The Morgan fingerprint density at radius 1 is 0.400 bits per heavy atom. The van der Waals surface area contributed by atoms with Gasteiger partial charge in [-0.05, 0) is 47.5 Å². The molecule has 2 heterocycles. The Labute approximate surface area is 175 Å². The maximum absolute atomic E-state index is 4.69. The molecule has 30 heavy (non-hydrogen) atoms. The van der Waals surface area contributed by atoms with E-state index in [0.717, 1.165) is 44.3 Å². The molecular formula is C28H20N2. The van der Waals surface area contributed by atoms with Crippen LogP contribution in [0.5, 0.6) is 0 Å². The smallest absolute Gasteiger partial charge is 0.0709 e. The Balaban J connectivity index is 1.30. The molecule has 2 heteroatoms. The SMILES string of the molecule is C(=Cc1ccc2ccccc2n1)c1ccc(/C=C/c2ccc3ccccc3n2)cc1. The molecule has 0 amide bonds. The quantitative estimate of drug-likeness (QED) is 0.329. The lowest BCUT2D eigenvalue weighted by Crippen LogP contribution is -1.83. The Hall–Kier alpha value is -4.04. The van der Waals surface area contributed by atoms with Crippen molar-refractivity contribution in [2.24, 2.45) is 0 Å². The van der Waals surface area contributed by atoms with E-state index in [4.69, 9.17) is 0 Å². The normalized spacial score (nSPS) is 11.7. The van der Waals surface area contributed by atoms with E-state index >= 15 is 0 Å². The van der Waals surface area contributed by atoms with Crippen molar-refractivity contribution < 1.29 is 0 Å². The van der Waals surface area contributed by atoms with Crippen LogP contribution in [0.1, 0.15) is 22.5 Å². The van der Waals surface area contributed by atoms with Gasteiger partial charge in [0, 0.05) is 10.8 Å². The van der Waals surface area contributed by atoms with Gasteiger partial charge in [-0.15, -0.1) is 0 Å². The Kier molecular flexibility index (Phi) is 4.89. The van der Waals surface area contributed by atoms with Crippen LogP contribution in [-0.4, -0.2) is 9.97 Å². The molecule has 142 valence electrons. The van der Waals surface area contributed by atoms with E-state index in [1.165, 1.54) is 0 Å². The van der Waals surface area contributed by atoms with Crippen LogP contribution in [0.4, 0.5) is 0 Å². The number of pyridine rings is 2. The van der Waals surface area contributed by atoms with Gasteiger partial charge >= 0.3 is 0 Å². The summed E-state index contributed by atoms with van der Waals surface area (Å²) in [5, 5.41) is 2.32. The summed E-state index contributed by atoms with van der Waals surface area (Å²) in [5.74, 6) is 0. The predicted octanol–water partition coefficient (Wildman–Crippen LogP) is 7.12. The van der Waals surface area contributed by atoms with E-state index in [1.54, 1.807) is 0 Å². The number of aromatic nitrogens is 2. The molecule has 2 nitrogen and oxygen atoms in total. The van der Waals surface area contributed by atoms with E-state index in [1.807, 2.05) is 48.5 Å². The number of para-hydroxylation sites is 2. The Bertz CT molecular complexity index is 1270. The first kappa shape index (κ1) is 18.0. The second-order valence-corrected chi connectivity index (χ2v) is 7.19. The molecular weight excluding hydrogens is 364 g/mol. The molecule has 0 aliphatic rings.